The highest BCUT2D eigenvalue weighted by Gasteiger charge is 2.11. The standard InChI is InChI=1S/C18H22N2O4S/c1-4-5-10-23-17(22)14-6-8-15(9-7-14)20-16(21)11-25-18-19-12(2)13(3)24-18/h6-9H,4-5,10-11H2,1-3H3,(H,20,21). The molecule has 0 saturated heterocycles. The van der Waals surface area contributed by atoms with Crippen LogP contribution in [0.2, 0.25) is 0 Å². The number of oxazole rings is 1. The summed E-state index contributed by atoms with van der Waals surface area (Å²) in [5.41, 5.74) is 1.91. The number of esters is 1. The Labute approximate surface area is 151 Å². The fraction of sp³-hybridized carbons (Fsp3) is 0.389. The molecule has 1 aromatic carbocycles. The predicted octanol–water partition coefficient (Wildman–Crippen LogP) is 3.98. The summed E-state index contributed by atoms with van der Waals surface area (Å²) in [5.74, 6) is 0.429. The van der Waals surface area contributed by atoms with Gasteiger partial charge in [0.25, 0.3) is 5.22 Å². The van der Waals surface area contributed by atoms with Crippen LogP contribution < -0.4 is 5.32 Å². The molecule has 2 aromatic rings. The molecule has 2 rings (SSSR count). The lowest BCUT2D eigenvalue weighted by Crippen LogP contribution is -2.14. The summed E-state index contributed by atoms with van der Waals surface area (Å²) < 4.78 is 10.6. The highest BCUT2D eigenvalue weighted by Crippen LogP contribution is 2.20. The Morgan fingerprint density at radius 3 is 2.56 bits per heavy atom. The van der Waals surface area contributed by atoms with Crippen molar-refractivity contribution in [2.24, 2.45) is 0 Å². The summed E-state index contributed by atoms with van der Waals surface area (Å²) in [5, 5.41) is 3.25. The van der Waals surface area contributed by atoms with Crippen LogP contribution in [0.15, 0.2) is 33.9 Å². The van der Waals surface area contributed by atoms with Crippen LogP contribution in [0.1, 0.15) is 41.6 Å². The van der Waals surface area contributed by atoms with E-state index < -0.39 is 0 Å². The van der Waals surface area contributed by atoms with Crippen LogP contribution in [-0.4, -0.2) is 29.2 Å². The maximum atomic E-state index is 12.0. The number of nitrogens with zero attached hydrogens (tertiary/aromatic N) is 1. The molecule has 25 heavy (non-hydrogen) atoms. The zero-order chi connectivity index (χ0) is 18.2. The number of thioether (sulfide) groups is 1. The first-order valence-corrected chi connectivity index (χ1v) is 9.12. The highest BCUT2D eigenvalue weighted by atomic mass is 32.2. The summed E-state index contributed by atoms with van der Waals surface area (Å²) in [7, 11) is 0. The maximum Gasteiger partial charge on any atom is 0.338 e. The quantitative estimate of drug-likeness (QED) is 0.434. The molecule has 0 saturated carbocycles. The number of ether oxygens (including phenoxy) is 1. The Bertz CT molecular complexity index is 706. The monoisotopic (exact) mass is 362 g/mol. The number of aryl methyl sites for hydroxylation is 2. The maximum absolute atomic E-state index is 12.0. The van der Waals surface area contributed by atoms with Crippen LogP contribution in [0.5, 0.6) is 0 Å². The summed E-state index contributed by atoms with van der Waals surface area (Å²) in [4.78, 5) is 28.0. The van der Waals surface area contributed by atoms with Gasteiger partial charge in [0.1, 0.15) is 5.76 Å². The molecule has 0 fully saturated rings. The molecule has 0 bridgehead atoms. The third kappa shape index (κ3) is 5.94. The van der Waals surface area contributed by atoms with E-state index in [4.69, 9.17) is 9.15 Å². The lowest BCUT2D eigenvalue weighted by Gasteiger charge is -2.06. The van der Waals surface area contributed by atoms with Crippen molar-refractivity contribution in [3.63, 3.8) is 0 Å². The number of rotatable bonds is 8. The van der Waals surface area contributed by atoms with Crippen LogP contribution in [-0.2, 0) is 9.53 Å². The average molecular weight is 362 g/mol. The second-order valence-corrected chi connectivity index (χ2v) is 6.45. The van der Waals surface area contributed by atoms with Crippen LogP contribution in [0.25, 0.3) is 0 Å². The molecule has 0 radical (unpaired) electrons. The Kier molecular flexibility index (Phi) is 7.06. The summed E-state index contributed by atoms with van der Waals surface area (Å²) in [6, 6.07) is 6.63. The van der Waals surface area contributed by atoms with Crippen molar-refractivity contribution in [3.8, 4) is 0 Å². The number of nitrogens with one attached hydrogen (secondary N) is 1. The zero-order valence-corrected chi connectivity index (χ0v) is 15.4. The molecule has 0 spiro atoms. The second kappa shape index (κ2) is 9.27. The Hall–Kier alpha value is -2.28. The van der Waals surface area contributed by atoms with Crippen LogP contribution in [0.3, 0.4) is 0 Å². The van der Waals surface area contributed by atoms with Gasteiger partial charge in [-0.25, -0.2) is 9.78 Å². The van der Waals surface area contributed by atoms with Gasteiger partial charge in [0.2, 0.25) is 5.91 Å². The van der Waals surface area contributed by atoms with Gasteiger partial charge in [0.05, 0.1) is 23.6 Å². The highest BCUT2D eigenvalue weighted by molar-refractivity contribution is 7.99. The molecule has 134 valence electrons. The normalized spacial score (nSPS) is 10.5. The van der Waals surface area contributed by atoms with E-state index in [1.807, 2.05) is 20.8 Å². The summed E-state index contributed by atoms with van der Waals surface area (Å²) in [6.07, 6.45) is 1.82. The van der Waals surface area contributed by atoms with E-state index >= 15 is 0 Å². The van der Waals surface area contributed by atoms with Gasteiger partial charge in [0, 0.05) is 5.69 Å². The van der Waals surface area contributed by atoms with Gasteiger partial charge in [-0.2, -0.15) is 0 Å². The first-order valence-electron chi connectivity index (χ1n) is 8.13. The smallest absolute Gasteiger partial charge is 0.338 e. The number of carbonyl (C=O) groups is 2. The number of hydrogen-bond donors (Lipinski definition) is 1. The van der Waals surface area contributed by atoms with Crippen LogP contribution in [0.4, 0.5) is 5.69 Å². The first kappa shape index (κ1) is 19.1. The van der Waals surface area contributed by atoms with E-state index in [1.54, 1.807) is 24.3 Å². The Morgan fingerprint density at radius 1 is 1.24 bits per heavy atom. The van der Waals surface area contributed by atoms with Crippen molar-refractivity contribution in [2.75, 3.05) is 17.7 Å². The number of benzene rings is 1. The summed E-state index contributed by atoms with van der Waals surface area (Å²) in [6.45, 7) is 6.15. The van der Waals surface area contributed by atoms with Gasteiger partial charge >= 0.3 is 5.97 Å². The minimum absolute atomic E-state index is 0.170. The van der Waals surface area contributed by atoms with Crippen molar-refractivity contribution in [1.82, 2.24) is 4.98 Å². The third-order valence-electron chi connectivity index (χ3n) is 3.47. The van der Waals surface area contributed by atoms with E-state index in [0.29, 0.717) is 23.1 Å². The van der Waals surface area contributed by atoms with Gasteiger partial charge in [-0.05, 0) is 44.5 Å². The lowest BCUT2D eigenvalue weighted by molar-refractivity contribution is -0.113. The van der Waals surface area contributed by atoms with E-state index in [1.165, 1.54) is 11.8 Å². The van der Waals surface area contributed by atoms with Crippen molar-refractivity contribution < 1.29 is 18.7 Å². The molecule has 0 aliphatic carbocycles. The molecular weight excluding hydrogens is 340 g/mol. The fourth-order valence-electron chi connectivity index (χ4n) is 1.91. The largest absolute Gasteiger partial charge is 0.462 e. The number of anilines is 1. The molecule has 0 atom stereocenters. The molecule has 6 nitrogen and oxygen atoms in total. The van der Waals surface area contributed by atoms with Gasteiger partial charge in [-0.3, -0.25) is 4.79 Å². The first-order chi connectivity index (χ1) is 12.0. The minimum atomic E-state index is -0.350. The van der Waals surface area contributed by atoms with Crippen LogP contribution >= 0.6 is 11.8 Å². The Morgan fingerprint density at radius 2 is 1.96 bits per heavy atom. The number of hydrogen-bond acceptors (Lipinski definition) is 6. The van der Waals surface area contributed by atoms with Gasteiger partial charge in [-0.1, -0.05) is 25.1 Å². The SMILES string of the molecule is CCCCOC(=O)c1ccc(NC(=O)CSc2nc(C)c(C)o2)cc1. The fourth-order valence-corrected chi connectivity index (χ4v) is 2.62. The molecule has 1 aromatic heterocycles. The molecule has 1 N–H and O–H groups in total. The molecule has 0 aliphatic rings. The predicted molar refractivity (Wildman–Crippen MR) is 97.0 cm³/mol. The van der Waals surface area contributed by atoms with E-state index in [2.05, 4.69) is 10.3 Å². The van der Waals surface area contributed by atoms with Crippen molar-refractivity contribution in [1.29, 1.82) is 0 Å². The van der Waals surface area contributed by atoms with Crippen molar-refractivity contribution in [2.45, 2.75) is 38.8 Å². The van der Waals surface area contributed by atoms with Gasteiger partial charge < -0.3 is 14.5 Å². The number of amides is 1. The second-order valence-electron chi connectivity index (χ2n) is 5.53. The van der Waals surface area contributed by atoms with E-state index in [9.17, 15) is 9.59 Å². The zero-order valence-electron chi connectivity index (χ0n) is 14.6. The van der Waals surface area contributed by atoms with Gasteiger partial charge in [-0.15, -0.1) is 0 Å². The van der Waals surface area contributed by atoms with Crippen LogP contribution in [0, 0.1) is 13.8 Å². The minimum Gasteiger partial charge on any atom is -0.462 e. The molecule has 0 aliphatic heterocycles. The molecule has 7 heteroatoms. The van der Waals surface area contributed by atoms with Crippen molar-refractivity contribution >= 4 is 29.3 Å². The molecule has 0 unspecified atom stereocenters. The molecular formula is C18H22N2O4S. The number of aromatic nitrogens is 1. The third-order valence-corrected chi connectivity index (χ3v) is 4.30. The molecule has 1 amide bonds. The number of carbonyl (C=O) groups excluding carboxylic acids is 2. The molecule has 1 heterocycles. The van der Waals surface area contributed by atoms with E-state index in [0.717, 1.165) is 24.3 Å². The average Bonchev–Trinajstić information content (AvgIpc) is 2.92. The summed E-state index contributed by atoms with van der Waals surface area (Å²) >= 11 is 1.24. The lowest BCUT2D eigenvalue weighted by atomic mass is 10.2. The Balaban J connectivity index is 1.81. The topological polar surface area (TPSA) is 81.4 Å². The van der Waals surface area contributed by atoms with Crippen molar-refractivity contribution in [3.05, 3.63) is 41.3 Å². The number of unbranched alkanes of at least 4 members (excludes halogenated alkanes) is 1. The van der Waals surface area contributed by atoms with E-state index in [-0.39, 0.29) is 17.6 Å². The van der Waals surface area contributed by atoms with Gasteiger partial charge in [0.15, 0.2) is 0 Å².